The summed E-state index contributed by atoms with van der Waals surface area (Å²) >= 11 is 9.37. The van der Waals surface area contributed by atoms with E-state index in [1.807, 2.05) is 0 Å². The summed E-state index contributed by atoms with van der Waals surface area (Å²) in [4.78, 5) is 23.1. The average molecular weight is 368 g/mol. The van der Waals surface area contributed by atoms with E-state index >= 15 is 0 Å². The first-order valence-corrected chi connectivity index (χ1v) is 7.27. The third-order valence-corrected chi connectivity index (χ3v) is 3.49. The van der Waals surface area contributed by atoms with E-state index in [2.05, 4.69) is 26.6 Å². The van der Waals surface area contributed by atoms with Crippen molar-refractivity contribution in [2.75, 3.05) is 10.6 Å². The Balaban J connectivity index is 2.12. The van der Waals surface area contributed by atoms with Crippen LogP contribution < -0.4 is 10.6 Å². The highest BCUT2D eigenvalue weighted by Gasteiger charge is 2.08. The van der Waals surface area contributed by atoms with Crippen LogP contribution in [-0.4, -0.2) is 11.8 Å². The van der Waals surface area contributed by atoms with Crippen molar-refractivity contribution in [3.05, 3.63) is 57.5 Å². The molecule has 2 aromatic rings. The number of carbonyl (C=O) groups is 2. The number of hydrogen-bond donors (Lipinski definition) is 2. The van der Waals surface area contributed by atoms with Crippen LogP contribution in [0.25, 0.3) is 0 Å². The third-order valence-electron chi connectivity index (χ3n) is 2.64. The third kappa shape index (κ3) is 4.31. The van der Waals surface area contributed by atoms with E-state index in [9.17, 15) is 9.59 Å². The van der Waals surface area contributed by atoms with E-state index < -0.39 is 0 Å². The lowest BCUT2D eigenvalue weighted by molar-refractivity contribution is -0.114. The van der Waals surface area contributed by atoms with Gasteiger partial charge in [0.15, 0.2) is 0 Å². The Bertz CT molecular complexity index is 687. The fraction of sp³-hybridized carbons (Fsp3) is 0.0667. The molecule has 21 heavy (non-hydrogen) atoms. The van der Waals surface area contributed by atoms with Crippen molar-refractivity contribution in [1.82, 2.24) is 0 Å². The molecule has 0 saturated carbocycles. The molecule has 6 heteroatoms. The summed E-state index contributed by atoms with van der Waals surface area (Å²) in [5.41, 5.74) is 1.60. The number of benzene rings is 2. The predicted molar refractivity (Wildman–Crippen MR) is 87.9 cm³/mol. The maximum absolute atomic E-state index is 12.1. The molecule has 0 aliphatic heterocycles. The van der Waals surface area contributed by atoms with Crippen molar-refractivity contribution in [1.29, 1.82) is 0 Å². The highest BCUT2D eigenvalue weighted by Crippen LogP contribution is 2.25. The van der Waals surface area contributed by atoms with E-state index in [1.54, 1.807) is 42.5 Å². The van der Waals surface area contributed by atoms with Gasteiger partial charge in [0.1, 0.15) is 0 Å². The van der Waals surface area contributed by atoms with Gasteiger partial charge >= 0.3 is 0 Å². The molecule has 0 spiro atoms. The zero-order valence-corrected chi connectivity index (χ0v) is 13.5. The number of rotatable bonds is 3. The van der Waals surface area contributed by atoms with Gasteiger partial charge in [-0.15, -0.1) is 0 Å². The first-order valence-electron chi connectivity index (χ1n) is 6.10. The summed E-state index contributed by atoms with van der Waals surface area (Å²) in [7, 11) is 0. The second-order valence-electron chi connectivity index (χ2n) is 4.34. The molecule has 0 heterocycles. The molecule has 0 unspecified atom stereocenters. The summed E-state index contributed by atoms with van der Waals surface area (Å²) in [5.74, 6) is -0.436. The molecule has 0 radical (unpaired) electrons. The van der Waals surface area contributed by atoms with E-state index in [4.69, 9.17) is 11.6 Å². The molecule has 0 bridgehead atoms. The molecule has 2 N–H and O–H groups in total. The molecule has 0 fully saturated rings. The Hall–Kier alpha value is -1.85. The quantitative estimate of drug-likeness (QED) is 0.849. The lowest BCUT2D eigenvalue weighted by atomic mass is 10.2. The fourth-order valence-electron chi connectivity index (χ4n) is 1.69. The summed E-state index contributed by atoms with van der Waals surface area (Å²) in [6.07, 6.45) is 0. The average Bonchev–Trinajstić information content (AvgIpc) is 2.42. The molecule has 2 rings (SSSR count). The van der Waals surface area contributed by atoms with E-state index in [0.29, 0.717) is 22.0 Å². The van der Waals surface area contributed by atoms with Gasteiger partial charge in [0.2, 0.25) is 5.91 Å². The van der Waals surface area contributed by atoms with Crippen molar-refractivity contribution in [2.24, 2.45) is 0 Å². The molecule has 2 aromatic carbocycles. The van der Waals surface area contributed by atoms with Crippen LogP contribution in [0.15, 0.2) is 46.9 Å². The summed E-state index contributed by atoms with van der Waals surface area (Å²) in [6.45, 7) is 1.40. The second kappa shape index (κ2) is 6.74. The van der Waals surface area contributed by atoms with Crippen molar-refractivity contribution < 1.29 is 9.59 Å². The van der Waals surface area contributed by atoms with Gasteiger partial charge in [-0.25, -0.2) is 0 Å². The number of amides is 2. The Morgan fingerprint density at radius 3 is 2.29 bits per heavy atom. The summed E-state index contributed by atoms with van der Waals surface area (Å²) < 4.78 is 0.904. The van der Waals surface area contributed by atoms with Crippen molar-refractivity contribution in [3.63, 3.8) is 0 Å². The minimum absolute atomic E-state index is 0.205. The number of anilines is 2. The topological polar surface area (TPSA) is 58.2 Å². The molecule has 2 amide bonds. The number of carbonyl (C=O) groups excluding carboxylic acids is 2. The molecular formula is C15H12BrClN2O2. The van der Waals surface area contributed by atoms with Crippen LogP contribution in [0.3, 0.4) is 0 Å². The van der Waals surface area contributed by atoms with E-state index in [-0.39, 0.29) is 11.8 Å². The molecule has 4 nitrogen and oxygen atoms in total. The van der Waals surface area contributed by atoms with Gasteiger partial charge in [-0.2, -0.15) is 0 Å². The molecule has 0 aliphatic rings. The molecular weight excluding hydrogens is 356 g/mol. The Kier molecular flexibility index (Phi) is 4.98. The summed E-state index contributed by atoms with van der Waals surface area (Å²) in [6, 6.07) is 11.9. The number of hydrogen-bond acceptors (Lipinski definition) is 2. The van der Waals surface area contributed by atoms with Gasteiger partial charge in [-0.1, -0.05) is 27.5 Å². The first kappa shape index (κ1) is 15.5. The smallest absolute Gasteiger partial charge is 0.255 e. The Morgan fingerprint density at radius 2 is 1.71 bits per heavy atom. The minimum Gasteiger partial charge on any atom is -0.325 e. The van der Waals surface area contributed by atoms with Crippen LogP contribution in [0, 0.1) is 0 Å². The maximum Gasteiger partial charge on any atom is 0.255 e. The normalized spacial score (nSPS) is 10.0. The van der Waals surface area contributed by atoms with Crippen molar-refractivity contribution in [3.8, 4) is 0 Å². The molecule has 0 aromatic heterocycles. The maximum atomic E-state index is 12.1. The Morgan fingerprint density at radius 1 is 1.05 bits per heavy atom. The van der Waals surface area contributed by atoms with Gasteiger partial charge in [0, 0.05) is 22.6 Å². The zero-order chi connectivity index (χ0) is 15.4. The monoisotopic (exact) mass is 366 g/mol. The molecule has 0 aliphatic carbocycles. The van der Waals surface area contributed by atoms with Crippen LogP contribution in [0.5, 0.6) is 0 Å². The van der Waals surface area contributed by atoms with Crippen LogP contribution in [-0.2, 0) is 4.79 Å². The van der Waals surface area contributed by atoms with Crippen LogP contribution in [0.4, 0.5) is 11.4 Å². The van der Waals surface area contributed by atoms with Crippen LogP contribution in [0.2, 0.25) is 5.02 Å². The molecule has 0 saturated heterocycles. The second-order valence-corrected chi connectivity index (χ2v) is 5.66. The molecule has 0 atom stereocenters. The summed E-state index contributed by atoms with van der Waals surface area (Å²) in [5, 5.41) is 5.71. The largest absolute Gasteiger partial charge is 0.325 e. The lowest BCUT2D eigenvalue weighted by Gasteiger charge is -2.09. The first-order chi connectivity index (χ1) is 9.95. The fourth-order valence-corrected chi connectivity index (χ4v) is 2.18. The van der Waals surface area contributed by atoms with Gasteiger partial charge < -0.3 is 10.6 Å². The highest BCUT2D eigenvalue weighted by atomic mass is 79.9. The van der Waals surface area contributed by atoms with Crippen LogP contribution >= 0.6 is 27.5 Å². The van der Waals surface area contributed by atoms with E-state index in [0.717, 1.165) is 4.47 Å². The van der Waals surface area contributed by atoms with Gasteiger partial charge in [0.25, 0.3) is 5.91 Å². The zero-order valence-electron chi connectivity index (χ0n) is 11.1. The van der Waals surface area contributed by atoms with Crippen molar-refractivity contribution in [2.45, 2.75) is 6.92 Å². The number of halogens is 2. The molecule has 108 valence electrons. The van der Waals surface area contributed by atoms with Gasteiger partial charge in [0.05, 0.1) is 10.7 Å². The lowest BCUT2D eigenvalue weighted by Crippen LogP contribution is -2.12. The van der Waals surface area contributed by atoms with Crippen molar-refractivity contribution >= 4 is 50.7 Å². The van der Waals surface area contributed by atoms with Gasteiger partial charge in [-0.05, 0) is 42.5 Å². The van der Waals surface area contributed by atoms with E-state index in [1.165, 1.54) is 6.92 Å². The highest BCUT2D eigenvalue weighted by molar-refractivity contribution is 9.10. The standard InChI is InChI=1S/C15H12BrClN2O2/c1-9(20)18-14-7-6-12(8-13(14)17)19-15(21)10-2-4-11(16)5-3-10/h2-8H,1H3,(H,18,20)(H,19,21). The van der Waals surface area contributed by atoms with Gasteiger partial charge in [-0.3, -0.25) is 9.59 Å². The minimum atomic E-state index is -0.231. The SMILES string of the molecule is CC(=O)Nc1ccc(NC(=O)c2ccc(Br)cc2)cc1Cl. The van der Waals surface area contributed by atoms with Crippen LogP contribution in [0.1, 0.15) is 17.3 Å². The predicted octanol–water partition coefficient (Wildman–Crippen LogP) is 4.31. The number of nitrogens with one attached hydrogen (secondary N) is 2. The Labute approximate surface area is 135 Å².